The normalized spacial score (nSPS) is 11.0. The van der Waals surface area contributed by atoms with Crippen LogP contribution in [0.15, 0.2) is 47.4 Å². The van der Waals surface area contributed by atoms with Crippen LogP contribution in [0.4, 0.5) is 5.69 Å². The lowest BCUT2D eigenvalue weighted by molar-refractivity contribution is -0.134. The Kier molecular flexibility index (Phi) is 7.89. The van der Waals surface area contributed by atoms with E-state index in [0.29, 0.717) is 13.1 Å². The molecular formula is C19H20Cl2N2O5S. The summed E-state index contributed by atoms with van der Waals surface area (Å²) in [5, 5.41) is 0.171. The van der Waals surface area contributed by atoms with Crippen molar-refractivity contribution in [2.24, 2.45) is 0 Å². The molecule has 29 heavy (non-hydrogen) atoms. The number of anilines is 1. The van der Waals surface area contributed by atoms with Crippen molar-refractivity contribution in [3.63, 3.8) is 0 Å². The van der Waals surface area contributed by atoms with Crippen LogP contribution < -0.4 is 4.72 Å². The number of esters is 1. The number of para-hydroxylation sites is 1. The molecule has 0 unspecified atom stereocenters. The first-order valence-corrected chi connectivity index (χ1v) is 10.9. The number of hydrogen-bond donors (Lipinski definition) is 1. The van der Waals surface area contributed by atoms with Gasteiger partial charge < -0.3 is 9.64 Å². The lowest BCUT2D eigenvalue weighted by atomic mass is 10.2. The van der Waals surface area contributed by atoms with Crippen molar-refractivity contribution in [2.75, 3.05) is 24.4 Å². The number of amides is 1. The number of benzene rings is 2. The van der Waals surface area contributed by atoms with Gasteiger partial charge in [0.1, 0.15) is 4.90 Å². The SMILES string of the molecule is CCN(CC)C(=O)COC(=O)c1ccccc1NS(=O)(=O)c1cc(Cl)ccc1Cl. The number of nitrogens with zero attached hydrogens (tertiary/aromatic N) is 1. The van der Waals surface area contributed by atoms with E-state index in [0.717, 1.165) is 0 Å². The maximum Gasteiger partial charge on any atom is 0.340 e. The quantitative estimate of drug-likeness (QED) is 0.606. The highest BCUT2D eigenvalue weighted by atomic mass is 35.5. The molecule has 156 valence electrons. The van der Waals surface area contributed by atoms with Crippen molar-refractivity contribution in [3.05, 3.63) is 58.1 Å². The van der Waals surface area contributed by atoms with E-state index in [9.17, 15) is 18.0 Å². The van der Waals surface area contributed by atoms with E-state index in [1.165, 1.54) is 35.2 Å². The molecule has 0 heterocycles. The monoisotopic (exact) mass is 458 g/mol. The Morgan fingerprint density at radius 2 is 1.72 bits per heavy atom. The molecule has 0 atom stereocenters. The summed E-state index contributed by atoms with van der Waals surface area (Å²) in [5.41, 5.74) is -0.0506. The van der Waals surface area contributed by atoms with Crippen molar-refractivity contribution in [1.29, 1.82) is 0 Å². The van der Waals surface area contributed by atoms with Gasteiger partial charge in [0.25, 0.3) is 15.9 Å². The average Bonchev–Trinajstić information content (AvgIpc) is 2.69. The largest absolute Gasteiger partial charge is 0.452 e. The molecule has 2 aromatic rings. The Morgan fingerprint density at radius 3 is 2.38 bits per heavy atom. The van der Waals surface area contributed by atoms with Gasteiger partial charge in [-0.15, -0.1) is 0 Å². The fourth-order valence-electron chi connectivity index (χ4n) is 2.51. The molecule has 0 aliphatic heterocycles. The summed E-state index contributed by atoms with van der Waals surface area (Å²) in [6.07, 6.45) is 0. The van der Waals surface area contributed by atoms with Gasteiger partial charge in [0.2, 0.25) is 0 Å². The minimum atomic E-state index is -4.12. The minimum absolute atomic E-state index is 0.0103. The number of carbonyl (C=O) groups is 2. The van der Waals surface area contributed by atoms with Crippen LogP contribution in [0.5, 0.6) is 0 Å². The Labute approximate surface area is 179 Å². The van der Waals surface area contributed by atoms with Crippen LogP contribution in [-0.4, -0.2) is 44.9 Å². The van der Waals surface area contributed by atoms with Crippen LogP contribution in [0.3, 0.4) is 0 Å². The molecule has 0 fully saturated rings. The topological polar surface area (TPSA) is 92.8 Å². The maximum absolute atomic E-state index is 12.7. The predicted molar refractivity (Wildman–Crippen MR) is 112 cm³/mol. The average molecular weight is 459 g/mol. The summed E-state index contributed by atoms with van der Waals surface area (Å²) in [7, 11) is -4.12. The van der Waals surface area contributed by atoms with Gasteiger partial charge in [-0.3, -0.25) is 9.52 Å². The molecule has 0 aliphatic carbocycles. The highest BCUT2D eigenvalue weighted by Gasteiger charge is 2.23. The standard InChI is InChI=1S/C19H20Cl2N2O5S/c1-3-23(4-2)18(24)12-28-19(25)14-7-5-6-8-16(14)22-29(26,27)17-11-13(20)9-10-15(17)21/h5-11,22H,3-4,12H2,1-2H3. The number of nitrogens with one attached hydrogen (secondary N) is 1. The highest BCUT2D eigenvalue weighted by molar-refractivity contribution is 7.92. The second-order valence-electron chi connectivity index (χ2n) is 5.87. The number of hydrogen-bond acceptors (Lipinski definition) is 5. The van der Waals surface area contributed by atoms with E-state index < -0.39 is 22.6 Å². The molecule has 2 rings (SSSR count). The second-order valence-corrected chi connectivity index (χ2v) is 8.36. The molecule has 0 aliphatic rings. The summed E-state index contributed by atoms with van der Waals surface area (Å²) in [6.45, 7) is 4.16. The molecule has 0 spiro atoms. The Morgan fingerprint density at radius 1 is 1.07 bits per heavy atom. The maximum atomic E-state index is 12.7. The molecule has 0 aromatic heterocycles. The predicted octanol–water partition coefficient (Wildman–Crippen LogP) is 3.82. The van der Waals surface area contributed by atoms with E-state index in [1.54, 1.807) is 12.1 Å². The molecule has 0 saturated carbocycles. The zero-order valence-corrected chi connectivity index (χ0v) is 18.1. The first-order valence-electron chi connectivity index (χ1n) is 8.71. The van der Waals surface area contributed by atoms with E-state index >= 15 is 0 Å². The summed E-state index contributed by atoms with van der Waals surface area (Å²) in [5.74, 6) is -1.17. The molecule has 0 bridgehead atoms. The van der Waals surface area contributed by atoms with Gasteiger partial charge in [0, 0.05) is 18.1 Å². The lowest BCUT2D eigenvalue weighted by Crippen LogP contribution is -2.34. The molecule has 1 N–H and O–H groups in total. The van der Waals surface area contributed by atoms with Gasteiger partial charge in [-0.05, 0) is 44.2 Å². The van der Waals surface area contributed by atoms with Crippen molar-refractivity contribution < 1.29 is 22.7 Å². The number of rotatable bonds is 8. The van der Waals surface area contributed by atoms with Gasteiger partial charge in [-0.1, -0.05) is 35.3 Å². The van der Waals surface area contributed by atoms with E-state index in [-0.39, 0.29) is 32.1 Å². The first kappa shape index (κ1) is 23.0. The third-order valence-electron chi connectivity index (χ3n) is 4.02. The Balaban J connectivity index is 2.23. The van der Waals surface area contributed by atoms with Gasteiger partial charge in [-0.2, -0.15) is 0 Å². The van der Waals surface area contributed by atoms with Gasteiger partial charge in [-0.25, -0.2) is 13.2 Å². The zero-order valence-electron chi connectivity index (χ0n) is 15.8. The minimum Gasteiger partial charge on any atom is -0.452 e. The number of carbonyl (C=O) groups excluding carboxylic acids is 2. The van der Waals surface area contributed by atoms with Crippen molar-refractivity contribution in [3.8, 4) is 0 Å². The molecule has 10 heteroatoms. The van der Waals surface area contributed by atoms with E-state index in [2.05, 4.69) is 4.72 Å². The summed E-state index contributed by atoms with van der Waals surface area (Å²) in [4.78, 5) is 25.7. The second kappa shape index (κ2) is 9.96. The van der Waals surface area contributed by atoms with Crippen LogP contribution in [0.1, 0.15) is 24.2 Å². The van der Waals surface area contributed by atoms with Crippen molar-refractivity contribution in [1.82, 2.24) is 4.90 Å². The summed E-state index contributed by atoms with van der Waals surface area (Å²) in [6, 6.07) is 9.91. The van der Waals surface area contributed by atoms with Crippen LogP contribution in [0.25, 0.3) is 0 Å². The summed E-state index contributed by atoms with van der Waals surface area (Å²) < 4.78 is 32.8. The number of sulfonamides is 1. The molecule has 1 amide bonds. The van der Waals surface area contributed by atoms with E-state index in [4.69, 9.17) is 27.9 Å². The van der Waals surface area contributed by atoms with E-state index in [1.807, 2.05) is 13.8 Å². The molecular weight excluding hydrogens is 439 g/mol. The van der Waals surface area contributed by atoms with Gasteiger partial charge >= 0.3 is 5.97 Å². The van der Waals surface area contributed by atoms with Crippen LogP contribution in [-0.2, 0) is 19.6 Å². The lowest BCUT2D eigenvalue weighted by Gasteiger charge is -2.18. The molecule has 7 nitrogen and oxygen atoms in total. The smallest absolute Gasteiger partial charge is 0.340 e. The fourth-order valence-corrected chi connectivity index (χ4v) is 4.35. The third kappa shape index (κ3) is 5.85. The fraction of sp³-hybridized carbons (Fsp3) is 0.263. The molecule has 0 radical (unpaired) electrons. The number of ether oxygens (including phenoxy) is 1. The first-order chi connectivity index (χ1) is 13.7. The highest BCUT2D eigenvalue weighted by Crippen LogP contribution is 2.28. The number of likely N-dealkylation sites (N-methyl/N-ethyl adjacent to an activating group) is 1. The van der Waals surface area contributed by atoms with Gasteiger partial charge in [0.15, 0.2) is 6.61 Å². The zero-order chi connectivity index (χ0) is 21.6. The van der Waals surface area contributed by atoms with Crippen LogP contribution in [0, 0.1) is 0 Å². The molecule has 0 saturated heterocycles. The third-order valence-corrected chi connectivity index (χ3v) is 6.10. The van der Waals surface area contributed by atoms with Crippen LogP contribution >= 0.6 is 23.2 Å². The van der Waals surface area contributed by atoms with Crippen molar-refractivity contribution >= 4 is 50.8 Å². The number of halogens is 2. The van der Waals surface area contributed by atoms with Crippen molar-refractivity contribution in [2.45, 2.75) is 18.7 Å². The van der Waals surface area contributed by atoms with Crippen LogP contribution in [0.2, 0.25) is 10.0 Å². The Bertz CT molecular complexity index is 1010. The molecule has 2 aromatic carbocycles. The van der Waals surface area contributed by atoms with Gasteiger partial charge in [0.05, 0.1) is 16.3 Å². The Hall–Kier alpha value is -2.29. The summed E-state index contributed by atoms with van der Waals surface area (Å²) >= 11 is 11.8.